The molecule has 0 spiro atoms. The highest BCUT2D eigenvalue weighted by Gasteiger charge is 1.93. The second-order valence-electron chi connectivity index (χ2n) is 2.98. The van der Waals surface area contributed by atoms with Gasteiger partial charge in [-0.15, -0.1) is 0 Å². The van der Waals surface area contributed by atoms with Gasteiger partial charge in [0, 0.05) is 0 Å². The van der Waals surface area contributed by atoms with E-state index in [0.29, 0.717) is 0 Å². The predicted molar refractivity (Wildman–Crippen MR) is 70.8 cm³/mol. The monoisotopic (exact) mass is 200 g/mol. The lowest BCUT2D eigenvalue weighted by Crippen LogP contribution is -1.81. The number of allylic oxidation sites excluding steroid dienone is 11. The van der Waals surface area contributed by atoms with E-state index < -0.39 is 0 Å². The van der Waals surface area contributed by atoms with Gasteiger partial charge in [0.1, 0.15) is 0 Å². The van der Waals surface area contributed by atoms with Crippen LogP contribution in [0.25, 0.3) is 0 Å². The lowest BCUT2D eigenvalue weighted by Gasteiger charge is -2.00. The molecule has 0 atom stereocenters. The Morgan fingerprint density at radius 2 is 1.53 bits per heavy atom. The quantitative estimate of drug-likeness (QED) is 0.562. The molecule has 15 heavy (non-hydrogen) atoms. The Bertz CT molecular complexity index is 320. The summed E-state index contributed by atoms with van der Waals surface area (Å²) in [7, 11) is 0. The average molecular weight is 200 g/mol. The second-order valence-corrected chi connectivity index (χ2v) is 2.98. The van der Waals surface area contributed by atoms with Crippen molar-refractivity contribution in [3.8, 4) is 0 Å². The first kappa shape index (κ1) is 13.4. The first-order valence-corrected chi connectivity index (χ1v) is 5.21. The summed E-state index contributed by atoms with van der Waals surface area (Å²) in [4.78, 5) is 0. The van der Waals surface area contributed by atoms with Crippen LogP contribution in [0, 0.1) is 0 Å². The molecular weight excluding hydrogens is 180 g/mol. The largest absolute Gasteiger partial charge is 0.0984 e. The molecule has 0 nitrogen and oxygen atoms in total. The van der Waals surface area contributed by atoms with Crippen molar-refractivity contribution in [1.82, 2.24) is 0 Å². The first-order valence-electron chi connectivity index (χ1n) is 5.21. The van der Waals surface area contributed by atoms with Crippen LogP contribution in [0.1, 0.15) is 20.8 Å². The SMILES string of the molecule is C=CC(=C\C=C/C)/C(/C=C\C=C/C)=C\C. The first-order chi connectivity index (χ1) is 7.29. The molecule has 0 heterocycles. The molecule has 0 fully saturated rings. The topological polar surface area (TPSA) is 0 Å². The van der Waals surface area contributed by atoms with Crippen molar-refractivity contribution in [2.75, 3.05) is 0 Å². The van der Waals surface area contributed by atoms with Crippen LogP contribution < -0.4 is 0 Å². The molecule has 0 amide bonds. The summed E-state index contributed by atoms with van der Waals surface area (Å²) in [5.74, 6) is 0. The standard InChI is InChI=1S/C15H20/c1-5-9-11-13-15(8-4)14(7-3)12-10-6-2/h5-13H,3H2,1-2,4H3/b9-5-,10-6-,13-11-,14-12+,15-8-. The molecular formula is C15H20. The minimum Gasteiger partial charge on any atom is -0.0984 e. The summed E-state index contributed by atoms with van der Waals surface area (Å²) in [6, 6.07) is 0. The normalized spacial score (nSPS) is 14.6. The molecule has 0 aliphatic rings. The predicted octanol–water partition coefficient (Wildman–Crippen LogP) is 4.75. The molecule has 0 aromatic carbocycles. The number of rotatable bonds is 5. The molecule has 0 rings (SSSR count). The van der Waals surface area contributed by atoms with Crippen molar-refractivity contribution in [3.05, 3.63) is 72.4 Å². The average Bonchev–Trinajstić information content (AvgIpc) is 2.27. The van der Waals surface area contributed by atoms with E-state index in [0.717, 1.165) is 5.57 Å². The van der Waals surface area contributed by atoms with Crippen molar-refractivity contribution < 1.29 is 0 Å². The summed E-state index contributed by atoms with van der Waals surface area (Å²) in [5, 5.41) is 0. The Balaban J connectivity index is 4.86. The third-order valence-electron chi connectivity index (χ3n) is 1.91. The van der Waals surface area contributed by atoms with E-state index in [2.05, 4.69) is 24.8 Å². The Morgan fingerprint density at radius 3 is 2.00 bits per heavy atom. The zero-order valence-corrected chi connectivity index (χ0v) is 9.90. The van der Waals surface area contributed by atoms with Crippen molar-refractivity contribution in [3.63, 3.8) is 0 Å². The van der Waals surface area contributed by atoms with Gasteiger partial charge < -0.3 is 0 Å². The van der Waals surface area contributed by atoms with Crippen molar-refractivity contribution >= 4 is 0 Å². The van der Waals surface area contributed by atoms with Gasteiger partial charge in [-0.05, 0) is 31.9 Å². The Hall–Kier alpha value is -1.56. The molecule has 0 saturated heterocycles. The van der Waals surface area contributed by atoms with Crippen LogP contribution in [0.2, 0.25) is 0 Å². The molecule has 0 N–H and O–H groups in total. The van der Waals surface area contributed by atoms with E-state index >= 15 is 0 Å². The number of hydrogen-bond donors (Lipinski definition) is 0. The van der Waals surface area contributed by atoms with E-state index in [1.807, 2.05) is 57.2 Å². The van der Waals surface area contributed by atoms with Gasteiger partial charge in [0.05, 0.1) is 0 Å². The van der Waals surface area contributed by atoms with E-state index in [1.54, 1.807) is 0 Å². The zero-order chi connectivity index (χ0) is 11.5. The van der Waals surface area contributed by atoms with E-state index in [-0.39, 0.29) is 0 Å². The highest BCUT2D eigenvalue weighted by Crippen LogP contribution is 2.13. The molecule has 0 saturated carbocycles. The maximum absolute atomic E-state index is 3.82. The van der Waals surface area contributed by atoms with Crippen molar-refractivity contribution in [2.24, 2.45) is 0 Å². The van der Waals surface area contributed by atoms with Gasteiger partial charge in [0.15, 0.2) is 0 Å². The summed E-state index contributed by atoms with van der Waals surface area (Å²) in [5.41, 5.74) is 2.32. The fourth-order valence-corrected chi connectivity index (χ4v) is 1.11. The molecule has 0 unspecified atom stereocenters. The van der Waals surface area contributed by atoms with E-state index in [9.17, 15) is 0 Å². The third-order valence-corrected chi connectivity index (χ3v) is 1.91. The minimum absolute atomic E-state index is 1.14. The van der Waals surface area contributed by atoms with E-state index in [4.69, 9.17) is 0 Å². The number of hydrogen-bond acceptors (Lipinski definition) is 0. The summed E-state index contributed by atoms with van der Waals surface area (Å²) >= 11 is 0. The van der Waals surface area contributed by atoms with Crippen LogP contribution >= 0.6 is 0 Å². The van der Waals surface area contributed by atoms with Gasteiger partial charge in [0.25, 0.3) is 0 Å². The molecule has 0 aliphatic carbocycles. The summed E-state index contributed by atoms with van der Waals surface area (Å²) in [6.45, 7) is 9.85. The molecule has 0 aromatic rings. The maximum atomic E-state index is 3.82. The van der Waals surface area contributed by atoms with Crippen LogP contribution in [0.5, 0.6) is 0 Å². The second kappa shape index (κ2) is 9.01. The molecule has 0 aromatic heterocycles. The van der Waals surface area contributed by atoms with Gasteiger partial charge in [0.2, 0.25) is 0 Å². The van der Waals surface area contributed by atoms with Crippen LogP contribution in [0.4, 0.5) is 0 Å². The molecule has 0 aliphatic heterocycles. The highest BCUT2D eigenvalue weighted by atomic mass is 14.0. The van der Waals surface area contributed by atoms with Gasteiger partial charge >= 0.3 is 0 Å². The van der Waals surface area contributed by atoms with Gasteiger partial charge in [-0.3, -0.25) is 0 Å². The van der Waals surface area contributed by atoms with Crippen molar-refractivity contribution in [2.45, 2.75) is 20.8 Å². The van der Waals surface area contributed by atoms with Gasteiger partial charge in [-0.1, -0.05) is 61.3 Å². The van der Waals surface area contributed by atoms with Crippen LogP contribution in [0.15, 0.2) is 72.4 Å². The van der Waals surface area contributed by atoms with Crippen LogP contribution in [-0.2, 0) is 0 Å². The molecule has 0 radical (unpaired) electrons. The lowest BCUT2D eigenvalue weighted by atomic mass is 10.0. The zero-order valence-electron chi connectivity index (χ0n) is 9.90. The maximum Gasteiger partial charge on any atom is -0.0193 e. The molecule has 0 bridgehead atoms. The summed E-state index contributed by atoms with van der Waals surface area (Å²) in [6.07, 6.45) is 18.2. The minimum atomic E-state index is 1.14. The van der Waals surface area contributed by atoms with Crippen LogP contribution in [-0.4, -0.2) is 0 Å². The third kappa shape index (κ3) is 5.69. The van der Waals surface area contributed by atoms with Crippen LogP contribution in [0.3, 0.4) is 0 Å². The summed E-state index contributed by atoms with van der Waals surface area (Å²) < 4.78 is 0. The Morgan fingerprint density at radius 1 is 0.867 bits per heavy atom. The molecule has 80 valence electrons. The van der Waals surface area contributed by atoms with Gasteiger partial charge in [-0.2, -0.15) is 0 Å². The smallest absolute Gasteiger partial charge is 0.0193 e. The van der Waals surface area contributed by atoms with Gasteiger partial charge in [-0.25, -0.2) is 0 Å². The fourth-order valence-electron chi connectivity index (χ4n) is 1.11. The Labute approximate surface area is 93.7 Å². The molecule has 0 heteroatoms. The lowest BCUT2D eigenvalue weighted by molar-refractivity contribution is 1.50. The fraction of sp³-hybridized carbons (Fsp3) is 0.200. The van der Waals surface area contributed by atoms with Crippen molar-refractivity contribution in [1.29, 1.82) is 0 Å². The van der Waals surface area contributed by atoms with E-state index in [1.165, 1.54) is 5.57 Å². The Kier molecular flexibility index (Phi) is 8.08. The highest BCUT2D eigenvalue weighted by molar-refractivity contribution is 5.47.